The zero-order valence-electron chi connectivity index (χ0n) is 10.1. The minimum Gasteiger partial charge on any atom is -0.310 e. The number of hydrogen-bond donors (Lipinski definition) is 1. The van der Waals surface area contributed by atoms with Gasteiger partial charge >= 0.3 is 0 Å². The third-order valence-corrected chi connectivity index (χ3v) is 3.22. The summed E-state index contributed by atoms with van der Waals surface area (Å²) in [6.45, 7) is 2.79. The zero-order valence-corrected chi connectivity index (χ0v) is 10.1. The van der Waals surface area contributed by atoms with E-state index in [9.17, 15) is 14.5 Å². The predicted octanol–water partition coefficient (Wildman–Crippen LogP) is 2.89. The van der Waals surface area contributed by atoms with Gasteiger partial charge in [-0.15, -0.1) is 0 Å². The lowest BCUT2D eigenvalue weighted by molar-refractivity contribution is -0.385. The summed E-state index contributed by atoms with van der Waals surface area (Å²) in [4.78, 5) is 9.97. The maximum absolute atomic E-state index is 13.9. The number of hydrogen-bond acceptors (Lipinski definition) is 3. The molecule has 0 aromatic heterocycles. The number of rotatable bonds is 3. The molecule has 0 saturated heterocycles. The Labute approximate surface area is 105 Å². The minimum absolute atomic E-state index is 0.210. The topological polar surface area (TPSA) is 55.2 Å². The van der Waals surface area contributed by atoms with Crippen LogP contribution in [0.15, 0.2) is 24.3 Å². The Morgan fingerprint density at radius 2 is 2.33 bits per heavy atom. The molecule has 0 radical (unpaired) electrons. The molecule has 1 aromatic carbocycles. The van der Waals surface area contributed by atoms with Gasteiger partial charge in [-0.05, 0) is 24.5 Å². The van der Waals surface area contributed by atoms with E-state index in [1.807, 2.05) is 6.08 Å². The van der Waals surface area contributed by atoms with E-state index in [0.717, 1.165) is 24.5 Å². The highest BCUT2D eigenvalue weighted by Gasteiger charge is 2.18. The van der Waals surface area contributed by atoms with Crippen LogP contribution in [0.2, 0.25) is 0 Å². The summed E-state index contributed by atoms with van der Waals surface area (Å²) in [6, 6.07) is 4.18. The molecule has 1 aromatic rings. The second-order valence-electron chi connectivity index (χ2n) is 4.37. The molecule has 1 unspecified atom stereocenters. The second kappa shape index (κ2) is 5.27. The van der Waals surface area contributed by atoms with Gasteiger partial charge in [-0.1, -0.05) is 13.0 Å². The van der Waals surface area contributed by atoms with E-state index in [1.54, 1.807) is 0 Å². The molecule has 1 atom stereocenters. The fourth-order valence-corrected chi connectivity index (χ4v) is 2.16. The molecule has 4 nitrogen and oxygen atoms in total. The van der Waals surface area contributed by atoms with Gasteiger partial charge in [0.25, 0.3) is 5.69 Å². The van der Waals surface area contributed by atoms with E-state index >= 15 is 0 Å². The normalized spacial score (nSPS) is 19.4. The predicted molar refractivity (Wildman–Crippen MR) is 67.7 cm³/mol. The second-order valence-corrected chi connectivity index (χ2v) is 4.37. The van der Waals surface area contributed by atoms with Gasteiger partial charge in [0.2, 0.25) is 0 Å². The highest BCUT2D eigenvalue weighted by atomic mass is 19.1. The molecule has 0 aliphatic carbocycles. The standard InChI is InChI=1S/C13H15FN2O2/c1-2-10-7-9(5-6-15-10)12-4-3-11(16(17)18)8-13(12)14/h3-5,8,10,15H,2,6-7H2,1H3. The molecule has 0 fully saturated rings. The number of nitro groups is 1. The number of nitrogens with one attached hydrogen (secondary N) is 1. The Balaban J connectivity index is 2.29. The first-order chi connectivity index (χ1) is 8.61. The molecule has 2 rings (SSSR count). The summed E-state index contributed by atoms with van der Waals surface area (Å²) in [5.41, 5.74) is 1.19. The van der Waals surface area contributed by atoms with Crippen LogP contribution in [0.4, 0.5) is 10.1 Å². The van der Waals surface area contributed by atoms with E-state index in [4.69, 9.17) is 0 Å². The first-order valence-electron chi connectivity index (χ1n) is 5.98. The number of benzene rings is 1. The van der Waals surface area contributed by atoms with E-state index in [-0.39, 0.29) is 5.69 Å². The third kappa shape index (κ3) is 2.56. The number of halogens is 1. The minimum atomic E-state index is -0.585. The first-order valence-corrected chi connectivity index (χ1v) is 5.98. The SMILES string of the molecule is CCC1CC(c2ccc([N+](=O)[O-])cc2F)=CCN1. The molecule has 1 aliphatic rings. The van der Waals surface area contributed by atoms with Gasteiger partial charge < -0.3 is 5.32 Å². The van der Waals surface area contributed by atoms with Crippen molar-refractivity contribution in [1.29, 1.82) is 0 Å². The van der Waals surface area contributed by atoms with Crippen molar-refractivity contribution in [3.05, 3.63) is 45.8 Å². The van der Waals surface area contributed by atoms with Crippen molar-refractivity contribution in [2.45, 2.75) is 25.8 Å². The van der Waals surface area contributed by atoms with E-state index in [1.165, 1.54) is 12.1 Å². The third-order valence-electron chi connectivity index (χ3n) is 3.22. The van der Waals surface area contributed by atoms with E-state index in [0.29, 0.717) is 18.2 Å². The van der Waals surface area contributed by atoms with Gasteiger partial charge in [-0.2, -0.15) is 0 Å². The van der Waals surface area contributed by atoms with Crippen LogP contribution >= 0.6 is 0 Å². The molecule has 0 spiro atoms. The monoisotopic (exact) mass is 250 g/mol. The maximum Gasteiger partial charge on any atom is 0.272 e. The highest BCUT2D eigenvalue weighted by Crippen LogP contribution is 2.28. The average Bonchev–Trinajstić information content (AvgIpc) is 2.38. The van der Waals surface area contributed by atoms with E-state index in [2.05, 4.69) is 12.2 Å². The summed E-state index contributed by atoms with van der Waals surface area (Å²) in [5.74, 6) is -0.521. The van der Waals surface area contributed by atoms with Gasteiger partial charge in [0.15, 0.2) is 0 Å². The van der Waals surface area contributed by atoms with Crippen molar-refractivity contribution in [3.63, 3.8) is 0 Å². The smallest absolute Gasteiger partial charge is 0.272 e. The summed E-state index contributed by atoms with van der Waals surface area (Å²) in [5, 5.41) is 13.9. The van der Waals surface area contributed by atoms with E-state index < -0.39 is 10.7 Å². The molecule has 1 aliphatic heterocycles. The molecule has 1 N–H and O–H groups in total. The fourth-order valence-electron chi connectivity index (χ4n) is 2.16. The van der Waals surface area contributed by atoms with Crippen molar-refractivity contribution >= 4 is 11.3 Å². The fraction of sp³-hybridized carbons (Fsp3) is 0.385. The van der Waals surface area contributed by atoms with Crippen LogP contribution in [0.25, 0.3) is 5.57 Å². The van der Waals surface area contributed by atoms with Crippen LogP contribution in [0, 0.1) is 15.9 Å². The lowest BCUT2D eigenvalue weighted by Crippen LogP contribution is -2.32. The highest BCUT2D eigenvalue weighted by molar-refractivity contribution is 5.68. The van der Waals surface area contributed by atoms with Gasteiger partial charge in [0, 0.05) is 24.2 Å². The molecular weight excluding hydrogens is 235 g/mol. The number of nitrogens with zero attached hydrogens (tertiary/aromatic N) is 1. The van der Waals surface area contributed by atoms with Crippen molar-refractivity contribution in [2.24, 2.45) is 0 Å². The molecule has 0 bridgehead atoms. The first kappa shape index (κ1) is 12.7. The van der Waals surface area contributed by atoms with Crippen molar-refractivity contribution in [3.8, 4) is 0 Å². The Hall–Kier alpha value is -1.75. The number of nitro benzene ring substituents is 1. The largest absolute Gasteiger partial charge is 0.310 e. The summed E-state index contributed by atoms with van der Waals surface area (Å²) < 4.78 is 13.9. The van der Waals surface area contributed by atoms with Gasteiger partial charge in [0.1, 0.15) is 5.82 Å². The van der Waals surface area contributed by atoms with Crippen LogP contribution in [0.3, 0.4) is 0 Å². The summed E-state index contributed by atoms with van der Waals surface area (Å²) in [7, 11) is 0. The quantitative estimate of drug-likeness (QED) is 0.663. The lowest BCUT2D eigenvalue weighted by atomic mass is 9.94. The van der Waals surface area contributed by atoms with Crippen LogP contribution in [0.5, 0.6) is 0 Å². The van der Waals surface area contributed by atoms with Crippen molar-refractivity contribution in [1.82, 2.24) is 5.32 Å². The van der Waals surface area contributed by atoms with Gasteiger partial charge in [-0.25, -0.2) is 4.39 Å². The van der Waals surface area contributed by atoms with Gasteiger partial charge in [-0.3, -0.25) is 10.1 Å². The van der Waals surface area contributed by atoms with Gasteiger partial charge in [0.05, 0.1) is 11.0 Å². The maximum atomic E-state index is 13.9. The molecule has 18 heavy (non-hydrogen) atoms. The lowest BCUT2D eigenvalue weighted by Gasteiger charge is -2.23. The molecule has 5 heteroatoms. The Morgan fingerprint density at radius 1 is 1.56 bits per heavy atom. The molecule has 0 amide bonds. The van der Waals surface area contributed by atoms with Crippen LogP contribution in [-0.2, 0) is 0 Å². The van der Waals surface area contributed by atoms with Crippen molar-refractivity contribution in [2.75, 3.05) is 6.54 Å². The van der Waals surface area contributed by atoms with Crippen LogP contribution in [0.1, 0.15) is 25.3 Å². The Bertz CT molecular complexity index is 500. The molecule has 0 saturated carbocycles. The average molecular weight is 250 g/mol. The Morgan fingerprint density at radius 3 is 2.94 bits per heavy atom. The van der Waals surface area contributed by atoms with Crippen LogP contribution < -0.4 is 5.32 Å². The van der Waals surface area contributed by atoms with Crippen LogP contribution in [-0.4, -0.2) is 17.5 Å². The van der Waals surface area contributed by atoms with Crippen molar-refractivity contribution < 1.29 is 9.31 Å². The molecule has 96 valence electrons. The summed E-state index contributed by atoms with van der Waals surface area (Å²) in [6.07, 6.45) is 3.67. The zero-order chi connectivity index (χ0) is 13.1. The molecule has 1 heterocycles. The Kier molecular flexibility index (Phi) is 3.72. The molecular formula is C13H15FN2O2. The summed E-state index contributed by atoms with van der Waals surface area (Å²) >= 11 is 0. The number of non-ortho nitro benzene ring substituents is 1.